The van der Waals surface area contributed by atoms with Gasteiger partial charge >= 0.3 is 0 Å². The van der Waals surface area contributed by atoms with Crippen LogP contribution in [0.25, 0.3) is 0 Å². The van der Waals surface area contributed by atoms with E-state index in [9.17, 15) is 9.59 Å². The van der Waals surface area contributed by atoms with Crippen LogP contribution < -0.4 is 5.73 Å². The zero-order valence-corrected chi connectivity index (χ0v) is 11.3. The zero-order chi connectivity index (χ0) is 13.1. The molecule has 0 radical (unpaired) electrons. The lowest BCUT2D eigenvalue weighted by Gasteiger charge is -2.27. The third-order valence-electron chi connectivity index (χ3n) is 3.23. The Morgan fingerprint density at radius 1 is 1.35 bits per heavy atom. The van der Waals surface area contributed by atoms with Gasteiger partial charge in [-0.2, -0.15) is 0 Å². The SMILES string of the molecule is CC(C)(CCCN1C(=O)CCCC1=O)C(N)=S. The van der Waals surface area contributed by atoms with Crippen molar-refractivity contribution in [3.05, 3.63) is 0 Å². The molecule has 1 rings (SSSR count). The van der Waals surface area contributed by atoms with Crippen LogP contribution >= 0.6 is 12.2 Å². The van der Waals surface area contributed by atoms with Gasteiger partial charge in [-0.05, 0) is 19.3 Å². The Balaban J connectivity index is 2.42. The molecule has 0 spiro atoms. The fraction of sp³-hybridized carbons (Fsp3) is 0.750. The largest absolute Gasteiger partial charge is 0.393 e. The molecule has 0 aromatic carbocycles. The first-order valence-electron chi connectivity index (χ1n) is 5.98. The lowest BCUT2D eigenvalue weighted by molar-refractivity contribution is -0.148. The number of amides is 2. The number of nitrogens with zero attached hydrogens (tertiary/aromatic N) is 1. The summed E-state index contributed by atoms with van der Waals surface area (Å²) in [5, 5.41) is 0. The lowest BCUT2D eigenvalue weighted by Crippen LogP contribution is -2.41. The van der Waals surface area contributed by atoms with Gasteiger partial charge in [-0.25, -0.2) is 0 Å². The lowest BCUT2D eigenvalue weighted by atomic mass is 9.87. The average molecular weight is 256 g/mol. The summed E-state index contributed by atoms with van der Waals surface area (Å²) in [6.07, 6.45) is 3.21. The van der Waals surface area contributed by atoms with E-state index in [2.05, 4.69) is 0 Å². The topological polar surface area (TPSA) is 63.4 Å². The minimum Gasteiger partial charge on any atom is -0.393 e. The molecule has 5 heteroatoms. The van der Waals surface area contributed by atoms with Crippen molar-refractivity contribution in [2.45, 2.75) is 46.0 Å². The number of likely N-dealkylation sites (tertiary alicyclic amines) is 1. The Bertz CT molecular complexity index is 323. The van der Waals surface area contributed by atoms with Crippen LogP contribution in [0.1, 0.15) is 46.0 Å². The second-order valence-electron chi connectivity index (χ2n) is 5.14. The minimum atomic E-state index is -0.211. The van der Waals surface area contributed by atoms with Crippen LogP contribution in [-0.4, -0.2) is 28.2 Å². The Hall–Kier alpha value is -0.970. The summed E-state index contributed by atoms with van der Waals surface area (Å²) in [7, 11) is 0. The maximum absolute atomic E-state index is 11.5. The smallest absolute Gasteiger partial charge is 0.229 e. The quantitative estimate of drug-likeness (QED) is 0.599. The van der Waals surface area contributed by atoms with Crippen molar-refractivity contribution in [3.8, 4) is 0 Å². The van der Waals surface area contributed by atoms with Gasteiger partial charge in [0.1, 0.15) is 0 Å². The first-order valence-corrected chi connectivity index (χ1v) is 6.38. The molecular weight excluding hydrogens is 236 g/mol. The van der Waals surface area contributed by atoms with Gasteiger partial charge < -0.3 is 5.73 Å². The standard InChI is InChI=1S/C12H20N2O2S/c1-12(2,11(13)17)7-4-8-14-9(15)5-3-6-10(14)16/h3-8H2,1-2H3,(H2,13,17). The van der Waals surface area contributed by atoms with Crippen molar-refractivity contribution in [1.82, 2.24) is 4.90 Å². The molecule has 0 aromatic heterocycles. The number of thiocarbonyl (C=S) groups is 1. The van der Waals surface area contributed by atoms with Crippen LogP contribution in [0.3, 0.4) is 0 Å². The molecule has 1 aliphatic heterocycles. The minimum absolute atomic E-state index is 0.0469. The monoisotopic (exact) mass is 256 g/mol. The summed E-state index contributed by atoms with van der Waals surface area (Å²) < 4.78 is 0. The summed E-state index contributed by atoms with van der Waals surface area (Å²) in [6, 6.07) is 0. The van der Waals surface area contributed by atoms with E-state index in [-0.39, 0.29) is 17.2 Å². The van der Waals surface area contributed by atoms with Crippen LogP contribution in [0.5, 0.6) is 0 Å². The van der Waals surface area contributed by atoms with Crippen LogP contribution in [0, 0.1) is 5.41 Å². The van der Waals surface area contributed by atoms with Crippen LogP contribution in [0.15, 0.2) is 0 Å². The molecule has 2 amide bonds. The zero-order valence-electron chi connectivity index (χ0n) is 10.5. The van der Waals surface area contributed by atoms with Crippen molar-refractivity contribution >= 4 is 29.0 Å². The van der Waals surface area contributed by atoms with Gasteiger partial charge in [0.15, 0.2) is 0 Å². The fourth-order valence-corrected chi connectivity index (χ4v) is 1.95. The molecule has 96 valence electrons. The number of imide groups is 1. The molecule has 0 aromatic rings. The molecule has 0 bridgehead atoms. The van der Waals surface area contributed by atoms with Crippen molar-refractivity contribution in [1.29, 1.82) is 0 Å². The fourth-order valence-electron chi connectivity index (χ4n) is 1.85. The Kier molecular flexibility index (Phi) is 4.62. The van der Waals surface area contributed by atoms with Crippen molar-refractivity contribution in [2.75, 3.05) is 6.54 Å². The van der Waals surface area contributed by atoms with Gasteiger partial charge in [-0.1, -0.05) is 26.1 Å². The van der Waals surface area contributed by atoms with E-state index in [1.807, 2.05) is 13.8 Å². The second kappa shape index (κ2) is 5.58. The average Bonchev–Trinajstić information content (AvgIpc) is 2.22. The number of piperidine rings is 1. The predicted molar refractivity (Wildman–Crippen MR) is 70.4 cm³/mol. The molecule has 2 N–H and O–H groups in total. The van der Waals surface area contributed by atoms with E-state index in [1.54, 1.807) is 0 Å². The summed E-state index contributed by atoms with van der Waals surface area (Å²) in [5.41, 5.74) is 5.42. The summed E-state index contributed by atoms with van der Waals surface area (Å²) in [5.74, 6) is -0.0937. The van der Waals surface area contributed by atoms with Crippen LogP contribution in [0.4, 0.5) is 0 Å². The predicted octanol–water partition coefficient (Wildman–Crippen LogP) is 1.62. The van der Waals surface area contributed by atoms with E-state index >= 15 is 0 Å². The number of nitrogens with two attached hydrogens (primary N) is 1. The van der Waals surface area contributed by atoms with Gasteiger partial charge in [-0.3, -0.25) is 14.5 Å². The number of rotatable bonds is 5. The molecular formula is C12H20N2O2S. The van der Waals surface area contributed by atoms with Crippen LogP contribution in [0.2, 0.25) is 0 Å². The van der Waals surface area contributed by atoms with E-state index in [0.29, 0.717) is 30.8 Å². The summed E-state index contributed by atoms with van der Waals surface area (Å²) >= 11 is 4.98. The molecule has 1 aliphatic rings. The maximum atomic E-state index is 11.5. The molecule has 1 saturated heterocycles. The third kappa shape index (κ3) is 3.77. The highest BCUT2D eigenvalue weighted by atomic mass is 32.1. The van der Waals surface area contributed by atoms with Gasteiger partial charge in [0.2, 0.25) is 11.8 Å². The third-order valence-corrected chi connectivity index (χ3v) is 3.79. The van der Waals surface area contributed by atoms with Gasteiger partial charge in [0, 0.05) is 24.8 Å². The molecule has 0 saturated carbocycles. The first-order chi connectivity index (χ1) is 7.84. The maximum Gasteiger partial charge on any atom is 0.229 e. The van der Waals surface area contributed by atoms with Gasteiger partial charge in [0.05, 0.1) is 4.99 Å². The van der Waals surface area contributed by atoms with Crippen molar-refractivity contribution < 1.29 is 9.59 Å². The molecule has 1 heterocycles. The number of hydrogen-bond acceptors (Lipinski definition) is 3. The highest BCUT2D eigenvalue weighted by molar-refractivity contribution is 7.80. The Labute approximate surface area is 108 Å². The van der Waals surface area contributed by atoms with E-state index in [4.69, 9.17) is 18.0 Å². The number of carbonyl (C=O) groups excluding carboxylic acids is 2. The molecule has 0 aliphatic carbocycles. The Morgan fingerprint density at radius 2 is 1.88 bits per heavy atom. The highest BCUT2D eigenvalue weighted by Gasteiger charge is 2.27. The van der Waals surface area contributed by atoms with E-state index < -0.39 is 0 Å². The molecule has 1 fully saturated rings. The highest BCUT2D eigenvalue weighted by Crippen LogP contribution is 2.23. The first kappa shape index (κ1) is 14.1. The second-order valence-corrected chi connectivity index (χ2v) is 5.58. The van der Waals surface area contributed by atoms with Crippen molar-refractivity contribution in [2.24, 2.45) is 11.1 Å². The number of hydrogen-bond donors (Lipinski definition) is 1. The Morgan fingerprint density at radius 3 is 2.35 bits per heavy atom. The summed E-state index contributed by atoms with van der Waals surface area (Å²) in [4.78, 5) is 25.0. The van der Waals surface area contributed by atoms with Gasteiger partial charge in [-0.15, -0.1) is 0 Å². The number of carbonyl (C=O) groups is 2. The van der Waals surface area contributed by atoms with Crippen molar-refractivity contribution in [3.63, 3.8) is 0 Å². The molecule has 0 atom stereocenters. The molecule has 17 heavy (non-hydrogen) atoms. The van der Waals surface area contributed by atoms with Gasteiger partial charge in [0.25, 0.3) is 0 Å². The normalized spacial score (nSPS) is 17.4. The van der Waals surface area contributed by atoms with E-state index in [0.717, 1.165) is 12.8 Å². The summed E-state index contributed by atoms with van der Waals surface area (Å²) in [6.45, 7) is 4.45. The van der Waals surface area contributed by atoms with E-state index in [1.165, 1.54) is 4.90 Å². The molecule has 0 unspecified atom stereocenters. The van der Waals surface area contributed by atoms with Crippen LogP contribution in [-0.2, 0) is 9.59 Å². The molecule has 4 nitrogen and oxygen atoms in total.